The molecule has 120 valence electrons. The maximum absolute atomic E-state index is 11.9. The quantitative estimate of drug-likeness (QED) is 0.437. The molecule has 0 aliphatic rings. The molecule has 0 saturated carbocycles. The van der Waals surface area contributed by atoms with Crippen LogP contribution < -0.4 is 0 Å². The Balaban J connectivity index is 3.08. The van der Waals surface area contributed by atoms with Crippen molar-refractivity contribution in [3.8, 4) is 0 Å². The molecule has 0 N–H and O–H groups in total. The Morgan fingerprint density at radius 1 is 1.36 bits per heavy atom. The smallest absolute Gasteiger partial charge is 0.275 e. The molecule has 0 saturated heterocycles. The molecule has 0 aromatic heterocycles. The summed E-state index contributed by atoms with van der Waals surface area (Å²) >= 11 is 0. The predicted molar refractivity (Wildman–Crippen MR) is 80.6 cm³/mol. The number of hydrogen-bond donors (Lipinski definition) is 0. The van der Waals surface area contributed by atoms with E-state index in [9.17, 15) is 19.7 Å². The SMILES string of the molecule is COCC(=O)N(C)Cc1ccc(C(=O)C(C)C)cc1[N+](=O)[O-]. The van der Waals surface area contributed by atoms with Gasteiger partial charge >= 0.3 is 0 Å². The molecule has 7 heteroatoms. The highest BCUT2D eigenvalue weighted by Crippen LogP contribution is 2.23. The minimum absolute atomic E-state index is 0.0780. The minimum atomic E-state index is -0.541. The number of methoxy groups -OCH3 is 1. The van der Waals surface area contributed by atoms with Crippen LogP contribution in [0, 0.1) is 16.0 Å². The number of nitrogens with zero attached hydrogens (tertiary/aromatic N) is 2. The van der Waals surface area contributed by atoms with E-state index in [1.807, 2.05) is 0 Å². The summed E-state index contributed by atoms with van der Waals surface area (Å²) < 4.78 is 4.75. The Bertz CT molecular complexity index is 583. The average Bonchev–Trinajstić information content (AvgIpc) is 2.46. The second-order valence-electron chi connectivity index (χ2n) is 5.30. The van der Waals surface area contributed by atoms with E-state index >= 15 is 0 Å². The Morgan fingerprint density at radius 3 is 2.50 bits per heavy atom. The number of Topliss-reactive ketones (excluding diaryl/α,β-unsaturated/α-hetero) is 1. The Labute approximate surface area is 129 Å². The van der Waals surface area contributed by atoms with Crippen LogP contribution in [0.5, 0.6) is 0 Å². The Hall–Kier alpha value is -2.28. The van der Waals surface area contributed by atoms with Crippen LogP contribution in [-0.4, -0.2) is 42.3 Å². The van der Waals surface area contributed by atoms with Gasteiger partial charge in [0.15, 0.2) is 5.78 Å². The first-order valence-electron chi connectivity index (χ1n) is 6.82. The van der Waals surface area contributed by atoms with Crippen LogP contribution in [0.15, 0.2) is 18.2 Å². The number of benzene rings is 1. The lowest BCUT2D eigenvalue weighted by atomic mass is 9.99. The van der Waals surface area contributed by atoms with Gasteiger partial charge in [-0.25, -0.2) is 0 Å². The first-order chi connectivity index (χ1) is 10.3. The highest BCUT2D eigenvalue weighted by atomic mass is 16.6. The van der Waals surface area contributed by atoms with Gasteiger partial charge in [0.2, 0.25) is 5.91 Å². The van der Waals surface area contributed by atoms with E-state index in [2.05, 4.69) is 0 Å². The van der Waals surface area contributed by atoms with Gasteiger partial charge < -0.3 is 9.64 Å². The van der Waals surface area contributed by atoms with Crippen LogP contribution in [0.1, 0.15) is 29.8 Å². The van der Waals surface area contributed by atoms with Crippen molar-refractivity contribution in [1.82, 2.24) is 4.90 Å². The first kappa shape index (κ1) is 17.8. The normalized spacial score (nSPS) is 10.6. The second-order valence-corrected chi connectivity index (χ2v) is 5.30. The number of nitro benzene ring substituents is 1. The summed E-state index contributed by atoms with van der Waals surface area (Å²) in [6.45, 7) is 3.46. The zero-order chi connectivity index (χ0) is 16.9. The van der Waals surface area contributed by atoms with Gasteiger partial charge in [-0.3, -0.25) is 19.7 Å². The van der Waals surface area contributed by atoms with Crippen molar-refractivity contribution in [2.24, 2.45) is 5.92 Å². The summed E-state index contributed by atoms with van der Waals surface area (Å²) in [6, 6.07) is 4.34. The maximum atomic E-state index is 11.9. The summed E-state index contributed by atoms with van der Waals surface area (Å²) in [5, 5.41) is 11.2. The van der Waals surface area contributed by atoms with Crippen molar-refractivity contribution in [3.63, 3.8) is 0 Å². The van der Waals surface area contributed by atoms with Crippen molar-refractivity contribution in [3.05, 3.63) is 39.4 Å². The van der Waals surface area contributed by atoms with Crippen LogP contribution in [0.2, 0.25) is 0 Å². The molecule has 1 rings (SSSR count). The van der Waals surface area contributed by atoms with Gasteiger partial charge in [0.25, 0.3) is 5.69 Å². The van der Waals surface area contributed by atoms with Gasteiger partial charge in [0, 0.05) is 37.3 Å². The largest absolute Gasteiger partial charge is 0.375 e. The Morgan fingerprint density at radius 2 is 2.00 bits per heavy atom. The zero-order valence-corrected chi connectivity index (χ0v) is 13.2. The molecule has 0 atom stereocenters. The number of likely N-dealkylation sites (N-methyl/N-ethyl adjacent to an activating group) is 1. The Kier molecular flexibility index (Phi) is 6.18. The fourth-order valence-corrected chi connectivity index (χ4v) is 1.93. The predicted octanol–water partition coefficient (Wildman–Crippen LogP) is 2.04. The molecule has 1 amide bonds. The third-order valence-electron chi connectivity index (χ3n) is 3.19. The molecule has 7 nitrogen and oxygen atoms in total. The van der Waals surface area contributed by atoms with E-state index in [0.717, 1.165) is 0 Å². The lowest BCUT2D eigenvalue weighted by molar-refractivity contribution is -0.385. The van der Waals surface area contributed by atoms with Crippen molar-refractivity contribution >= 4 is 17.4 Å². The van der Waals surface area contributed by atoms with E-state index < -0.39 is 4.92 Å². The molecule has 22 heavy (non-hydrogen) atoms. The average molecular weight is 308 g/mol. The number of rotatable bonds is 7. The highest BCUT2D eigenvalue weighted by molar-refractivity contribution is 5.98. The van der Waals surface area contributed by atoms with Crippen LogP contribution in [0.3, 0.4) is 0 Å². The van der Waals surface area contributed by atoms with E-state index in [1.54, 1.807) is 19.9 Å². The lowest BCUT2D eigenvalue weighted by Crippen LogP contribution is -2.29. The van der Waals surface area contributed by atoms with E-state index in [0.29, 0.717) is 11.1 Å². The van der Waals surface area contributed by atoms with Crippen LogP contribution >= 0.6 is 0 Å². The molecular formula is C15H20N2O5. The van der Waals surface area contributed by atoms with Crippen LogP contribution in [0.25, 0.3) is 0 Å². The molecule has 0 aliphatic carbocycles. The van der Waals surface area contributed by atoms with Crippen molar-refractivity contribution in [2.45, 2.75) is 20.4 Å². The number of hydrogen-bond acceptors (Lipinski definition) is 5. The maximum Gasteiger partial charge on any atom is 0.275 e. The van der Waals surface area contributed by atoms with Gasteiger partial charge in [-0.2, -0.15) is 0 Å². The summed E-state index contributed by atoms with van der Waals surface area (Å²) in [6.07, 6.45) is 0. The number of amides is 1. The van der Waals surface area contributed by atoms with Crippen molar-refractivity contribution < 1.29 is 19.2 Å². The highest BCUT2D eigenvalue weighted by Gasteiger charge is 2.21. The van der Waals surface area contributed by atoms with E-state index in [1.165, 1.54) is 31.2 Å². The summed E-state index contributed by atoms with van der Waals surface area (Å²) in [5.74, 6) is -0.672. The molecule has 0 bridgehead atoms. The second kappa shape index (κ2) is 7.65. The van der Waals surface area contributed by atoms with Gasteiger partial charge in [-0.15, -0.1) is 0 Å². The zero-order valence-electron chi connectivity index (χ0n) is 13.2. The molecule has 0 aliphatic heterocycles. The van der Waals surface area contributed by atoms with Crippen LogP contribution in [0.4, 0.5) is 5.69 Å². The first-order valence-corrected chi connectivity index (χ1v) is 6.82. The van der Waals surface area contributed by atoms with Gasteiger partial charge in [0.05, 0.1) is 11.5 Å². The standard InChI is InChI=1S/C15H20N2O5/c1-10(2)15(19)11-5-6-12(13(7-11)17(20)21)8-16(3)14(18)9-22-4/h5-7,10H,8-9H2,1-4H3. The summed E-state index contributed by atoms with van der Waals surface area (Å²) in [4.78, 5) is 35.6. The number of carbonyl (C=O) groups is 2. The number of carbonyl (C=O) groups excluding carboxylic acids is 2. The fraction of sp³-hybridized carbons (Fsp3) is 0.467. The third-order valence-corrected chi connectivity index (χ3v) is 3.19. The van der Waals surface area contributed by atoms with Crippen LogP contribution in [-0.2, 0) is 16.1 Å². The van der Waals surface area contributed by atoms with E-state index in [-0.39, 0.29) is 36.4 Å². The molecular weight excluding hydrogens is 288 g/mol. The molecule has 1 aromatic carbocycles. The van der Waals surface area contributed by atoms with Gasteiger partial charge in [0.1, 0.15) is 6.61 Å². The van der Waals surface area contributed by atoms with Crippen molar-refractivity contribution in [1.29, 1.82) is 0 Å². The number of ether oxygens (including phenoxy) is 1. The summed E-state index contributed by atoms with van der Waals surface area (Å²) in [5.41, 5.74) is 0.511. The topological polar surface area (TPSA) is 89.8 Å². The molecule has 0 unspecified atom stereocenters. The lowest BCUT2D eigenvalue weighted by Gasteiger charge is -2.17. The summed E-state index contributed by atoms with van der Waals surface area (Å²) in [7, 11) is 2.94. The molecule has 1 aromatic rings. The third kappa shape index (κ3) is 4.36. The van der Waals surface area contributed by atoms with E-state index in [4.69, 9.17) is 4.74 Å². The number of nitro groups is 1. The number of ketones is 1. The van der Waals surface area contributed by atoms with Crippen molar-refractivity contribution in [2.75, 3.05) is 20.8 Å². The molecule has 0 spiro atoms. The minimum Gasteiger partial charge on any atom is -0.375 e. The van der Waals surface area contributed by atoms with Gasteiger partial charge in [-0.1, -0.05) is 19.9 Å². The molecule has 0 radical (unpaired) electrons. The monoisotopic (exact) mass is 308 g/mol. The van der Waals surface area contributed by atoms with Gasteiger partial charge in [-0.05, 0) is 6.07 Å². The molecule has 0 heterocycles. The molecule has 0 fully saturated rings. The fourth-order valence-electron chi connectivity index (χ4n) is 1.93.